The van der Waals surface area contributed by atoms with Crippen molar-refractivity contribution in [2.24, 2.45) is 0 Å². The molecule has 21 heavy (non-hydrogen) atoms. The van der Waals surface area contributed by atoms with E-state index >= 15 is 0 Å². The Hall–Kier alpha value is -2.08. The molecule has 0 spiro atoms. The molecule has 0 unspecified atom stereocenters. The average molecular weight is 351 g/mol. The third-order valence-electron chi connectivity index (χ3n) is 2.92. The third kappa shape index (κ3) is 3.95. The Morgan fingerprint density at radius 1 is 1.24 bits per heavy atom. The van der Waals surface area contributed by atoms with Gasteiger partial charge in [-0.1, -0.05) is 0 Å². The van der Waals surface area contributed by atoms with Crippen LogP contribution in [0, 0.1) is 0 Å². The van der Waals surface area contributed by atoms with E-state index < -0.39 is 0 Å². The fourth-order valence-electron chi connectivity index (χ4n) is 1.84. The van der Waals surface area contributed by atoms with Crippen molar-refractivity contribution in [1.82, 2.24) is 10.3 Å². The normalized spacial score (nSPS) is 10.0. The molecule has 1 aromatic heterocycles. The first-order valence-corrected chi connectivity index (χ1v) is 7.04. The number of pyridine rings is 1. The summed E-state index contributed by atoms with van der Waals surface area (Å²) in [6.45, 7) is 0.346. The Morgan fingerprint density at radius 3 is 2.71 bits per heavy atom. The smallest absolute Gasteiger partial charge is 0.251 e. The van der Waals surface area contributed by atoms with Gasteiger partial charge in [-0.3, -0.25) is 4.79 Å². The first-order chi connectivity index (χ1) is 10.1. The van der Waals surface area contributed by atoms with Crippen LogP contribution in [0.5, 0.6) is 11.5 Å². The number of benzene rings is 1. The summed E-state index contributed by atoms with van der Waals surface area (Å²) < 4.78 is 11.1. The fourth-order valence-corrected chi connectivity index (χ4v) is 2.21. The number of halogens is 1. The predicted molar refractivity (Wildman–Crippen MR) is 82.7 cm³/mol. The van der Waals surface area contributed by atoms with Crippen LogP contribution >= 0.6 is 15.9 Å². The molecule has 2 rings (SSSR count). The van der Waals surface area contributed by atoms with Crippen molar-refractivity contribution in [3.8, 4) is 11.5 Å². The number of hydrogen-bond donors (Lipinski definition) is 1. The van der Waals surface area contributed by atoms with Crippen molar-refractivity contribution < 1.29 is 14.3 Å². The number of carbonyl (C=O) groups excluding carboxylic acids is 1. The highest BCUT2D eigenvalue weighted by atomic mass is 79.9. The minimum Gasteiger partial charge on any atom is -0.497 e. The van der Waals surface area contributed by atoms with Crippen molar-refractivity contribution in [3.05, 3.63) is 52.3 Å². The Bertz CT molecular complexity index is 647. The van der Waals surface area contributed by atoms with Gasteiger partial charge in [0.25, 0.3) is 5.91 Å². The SMILES string of the molecule is COc1ccc(OC)c(CNC(=O)c2ccnc(Br)c2)c1. The molecule has 0 saturated heterocycles. The number of rotatable bonds is 5. The van der Waals surface area contributed by atoms with Gasteiger partial charge in [0.2, 0.25) is 0 Å². The highest BCUT2D eigenvalue weighted by Gasteiger charge is 2.09. The van der Waals surface area contributed by atoms with Crippen LogP contribution in [0.2, 0.25) is 0 Å². The third-order valence-corrected chi connectivity index (χ3v) is 3.35. The Kier molecular flexibility index (Phi) is 5.16. The molecule has 1 aromatic carbocycles. The molecule has 110 valence electrons. The van der Waals surface area contributed by atoms with Gasteiger partial charge in [0, 0.05) is 23.9 Å². The van der Waals surface area contributed by atoms with Crippen LogP contribution in [0.15, 0.2) is 41.1 Å². The molecule has 0 atom stereocenters. The zero-order chi connectivity index (χ0) is 15.2. The minimum atomic E-state index is -0.178. The molecule has 2 aromatic rings. The summed E-state index contributed by atoms with van der Waals surface area (Å²) in [5, 5.41) is 2.85. The number of methoxy groups -OCH3 is 2. The lowest BCUT2D eigenvalue weighted by Gasteiger charge is -2.11. The molecule has 0 saturated carbocycles. The summed E-state index contributed by atoms with van der Waals surface area (Å²) in [6, 6.07) is 8.77. The van der Waals surface area contributed by atoms with Crippen LogP contribution < -0.4 is 14.8 Å². The summed E-state index contributed by atoms with van der Waals surface area (Å²) in [4.78, 5) is 16.1. The molecule has 0 aliphatic carbocycles. The number of amides is 1. The summed E-state index contributed by atoms with van der Waals surface area (Å²) in [5.41, 5.74) is 1.39. The maximum absolute atomic E-state index is 12.1. The van der Waals surface area contributed by atoms with Gasteiger partial charge in [-0.05, 0) is 46.3 Å². The van der Waals surface area contributed by atoms with E-state index in [1.807, 2.05) is 18.2 Å². The highest BCUT2D eigenvalue weighted by molar-refractivity contribution is 9.10. The number of ether oxygens (including phenoxy) is 2. The van der Waals surface area contributed by atoms with E-state index in [0.29, 0.717) is 28.2 Å². The lowest BCUT2D eigenvalue weighted by molar-refractivity contribution is 0.0950. The van der Waals surface area contributed by atoms with Gasteiger partial charge < -0.3 is 14.8 Å². The van der Waals surface area contributed by atoms with E-state index in [1.165, 1.54) is 0 Å². The Labute approximate surface area is 131 Å². The topological polar surface area (TPSA) is 60.5 Å². The van der Waals surface area contributed by atoms with Gasteiger partial charge >= 0.3 is 0 Å². The van der Waals surface area contributed by atoms with Crippen LogP contribution in [0.25, 0.3) is 0 Å². The Balaban J connectivity index is 2.10. The van der Waals surface area contributed by atoms with E-state index in [1.54, 1.807) is 32.5 Å². The maximum Gasteiger partial charge on any atom is 0.251 e. The Morgan fingerprint density at radius 2 is 2.05 bits per heavy atom. The van der Waals surface area contributed by atoms with Gasteiger partial charge in [-0.25, -0.2) is 4.98 Å². The fraction of sp³-hybridized carbons (Fsp3) is 0.200. The van der Waals surface area contributed by atoms with Crippen molar-refractivity contribution in [3.63, 3.8) is 0 Å². The predicted octanol–water partition coefficient (Wildman–Crippen LogP) is 2.79. The molecule has 1 amide bonds. The van der Waals surface area contributed by atoms with Crippen LogP contribution in [0.3, 0.4) is 0 Å². The number of nitrogens with one attached hydrogen (secondary N) is 1. The van der Waals surface area contributed by atoms with Gasteiger partial charge in [0.1, 0.15) is 16.1 Å². The van der Waals surface area contributed by atoms with Crippen LogP contribution in [-0.4, -0.2) is 25.1 Å². The summed E-state index contributed by atoms with van der Waals surface area (Å²) >= 11 is 3.24. The number of aromatic nitrogens is 1. The second-order valence-electron chi connectivity index (χ2n) is 4.23. The quantitative estimate of drug-likeness (QED) is 0.842. The average Bonchev–Trinajstić information content (AvgIpc) is 2.52. The van der Waals surface area contributed by atoms with E-state index in [0.717, 1.165) is 5.56 Å². The molecule has 0 radical (unpaired) electrons. The van der Waals surface area contributed by atoms with Crippen molar-refractivity contribution in [1.29, 1.82) is 0 Å². The zero-order valence-corrected chi connectivity index (χ0v) is 13.3. The molecule has 1 N–H and O–H groups in total. The standard InChI is InChI=1S/C15H15BrN2O3/c1-20-12-3-4-13(21-2)11(7-12)9-18-15(19)10-5-6-17-14(16)8-10/h3-8H,9H2,1-2H3,(H,18,19). The second kappa shape index (κ2) is 7.08. The second-order valence-corrected chi connectivity index (χ2v) is 5.04. The van der Waals surface area contributed by atoms with Crippen molar-refractivity contribution in [2.75, 3.05) is 14.2 Å². The summed E-state index contributed by atoms with van der Waals surface area (Å²) in [7, 11) is 3.19. The van der Waals surface area contributed by atoms with Gasteiger partial charge in [0.05, 0.1) is 14.2 Å². The van der Waals surface area contributed by atoms with E-state index in [4.69, 9.17) is 9.47 Å². The number of nitrogens with zero attached hydrogens (tertiary/aromatic N) is 1. The van der Waals surface area contributed by atoms with Crippen LogP contribution in [-0.2, 0) is 6.54 Å². The van der Waals surface area contributed by atoms with Gasteiger partial charge in [0.15, 0.2) is 0 Å². The molecule has 1 heterocycles. The molecule has 0 fully saturated rings. The highest BCUT2D eigenvalue weighted by Crippen LogP contribution is 2.23. The number of hydrogen-bond acceptors (Lipinski definition) is 4. The lowest BCUT2D eigenvalue weighted by Crippen LogP contribution is -2.23. The monoisotopic (exact) mass is 350 g/mol. The van der Waals surface area contributed by atoms with Crippen LogP contribution in [0.1, 0.15) is 15.9 Å². The molecular weight excluding hydrogens is 336 g/mol. The summed E-state index contributed by atoms with van der Waals surface area (Å²) in [5.74, 6) is 1.24. The summed E-state index contributed by atoms with van der Waals surface area (Å²) in [6.07, 6.45) is 1.57. The van der Waals surface area contributed by atoms with Gasteiger partial charge in [-0.15, -0.1) is 0 Å². The van der Waals surface area contributed by atoms with E-state index in [9.17, 15) is 4.79 Å². The van der Waals surface area contributed by atoms with Crippen molar-refractivity contribution in [2.45, 2.75) is 6.54 Å². The molecule has 6 heteroatoms. The molecule has 5 nitrogen and oxygen atoms in total. The zero-order valence-electron chi connectivity index (χ0n) is 11.7. The minimum absolute atomic E-state index is 0.178. The van der Waals surface area contributed by atoms with Crippen LogP contribution in [0.4, 0.5) is 0 Å². The van der Waals surface area contributed by atoms with E-state index in [2.05, 4.69) is 26.2 Å². The first kappa shape index (κ1) is 15.3. The van der Waals surface area contributed by atoms with E-state index in [-0.39, 0.29) is 5.91 Å². The molecule has 0 bridgehead atoms. The molecule has 0 aliphatic rings. The van der Waals surface area contributed by atoms with Crippen molar-refractivity contribution >= 4 is 21.8 Å². The molecule has 0 aliphatic heterocycles. The lowest BCUT2D eigenvalue weighted by atomic mass is 10.1. The first-order valence-electron chi connectivity index (χ1n) is 6.24. The van der Waals surface area contributed by atoms with Gasteiger partial charge in [-0.2, -0.15) is 0 Å². The number of carbonyl (C=O) groups is 1. The largest absolute Gasteiger partial charge is 0.497 e. The maximum atomic E-state index is 12.1. The molecular formula is C15H15BrN2O3.